The minimum atomic E-state index is -4.53. The third kappa shape index (κ3) is 3.48. The van der Waals surface area contributed by atoms with E-state index in [1.807, 2.05) is 0 Å². The van der Waals surface area contributed by atoms with Gasteiger partial charge in [0, 0.05) is 18.3 Å². The van der Waals surface area contributed by atoms with Crippen LogP contribution in [-0.2, 0) is 11.0 Å². The van der Waals surface area contributed by atoms with Gasteiger partial charge in [-0.15, -0.1) is 0 Å². The van der Waals surface area contributed by atoms with E-state index in [1.54, 1.807) is 13.8 Å². The third-order valence-corrected chi connectivity index (χ3v) is 4.53. The lowest BCUT2D eigenvalue weighted by Gasteiger charge is -2.27. The number of nitrogens with one attached hydrogen (secondary N) is 2. The molecule has 1 saturated heterocycles. The van der Waals surface area contributed by atoms with Crippen molar-refractivity contribution in [3.63, 3.8) is 0 Å². The fourth-order valence-corrected chi connectivity index (χ4v) is 3.24. The Morgan fingerprint density at radius 1 is 1.38 bits per heavy atom. The predicted molar refractivity (Wildman–Crippen MR) is 80.3 cm³/mol. The van der Waals surface area contributed by atoms with Crippen LogP contribution in [0.1, 0.15) is 19.4 Å². The van der Waals surface area contributed by atoms with Gasteiger partial charge in [0.2, 0.25) is 5.91 Å². The van der Waals surface area contributed by atoms with E-state index in [-0.39, 0.29) is 24.2 Å². The molecule has 24 heavy (non-hydrogen) atoms. The molecule has 1 saturated carbocycles. The fraction of sp³-hybridized carbons (Fsp3) is 0.625. The zero-order valence-electron chi connectivity index (χ0n) is 13.5. The highest BCUT2D eigenvalue weighted by molar-refractivity contribution is 5.83. The number of piperidine rings is 1. The Labute approximate surface area is 138 Å². The first-order valence-electron chi connectivity index (χ1n) is 7.86. The van der Waals surface area contributed by atoms with E-state index in [0.717, 1.165) is 19.3 Å². The lowest BCUT2D eigenvalue weighted by atomic mass is 10.1. The molecule has 1 amide bonds. The number of hydrogen-bond acceptors (Lipinski definition) is 4. The van der Waals surface area contributed by atoms with Crippen molar-refractivity contribution >= 4 is 5.91 Å². The Balaban J connectivity index is 1.58. The molecule has 2 fully saturated rings. The number of amides is 1. The maximum Gasteiger partial charge on any atom is 0.421 e. The van der Waals surface area contributed by atoms with Gasteiger partial charge in [-0.1, -0.05) is 0 Å². The highest BCUT2D eigenvalue weighted by atomic mass is 19.4. The van der Waals surface area contributed by atoms with Crippen LogP contribution in [0.4, 0.5) is 13.2 Å². The number of nitrogens with zero attached hydrogens (tertiary/aromatic N) is 1. The summed E-state index contributed by atoms with van der Waals surface area (Å²) in [6.45, 7) is 5.11. The maximum absolute atomic E-state index is 12.9. The SMILES string of the molecule is CC(C)(COc1ccncc1C(F)(F)F)NC(=O)[C@@H]1C2CNC[C@H]21. The van der Waals surface area contributed by atoms with E-state index >= 15 is 0 Å². The van der Waals surface area contributed by atoms with Crippen LogP contribution in [0.25, 0.3) is 0 Å². The van der Waals surface area contributed by atoms with E-state index in [4.69, 9.17) is 4.74 Å². The van der Waals surface area contributed by atoms with Gasteiger partial charge in [-0.25, -0.2) is 0 Å². The Morgan fingerprint density at radius 2 is 2.04 bits per heavy atom. The van der Waals surface area contributed by atoms with Gasteiger partial charge in [0.15, 0.2) is 0 Å². The number of aromatic nitrogens is 1. The summed E-state index contributed by atoms with van der Waals surface area (Å²) in [6, 6.07) is 1.18. The second-order valence-corrected chi connectivity index (χ2v) is 7.04. The number of ether oxygens (including phenoxy) is 1. The van der Waals surface area contributed by atoms with Crippen LogP contribution < -0.4 is 15.4 Å². The third-order valence-electron chi connectivity index (χ3n) is 4.53. The second kappa shape index (κ2) is 5.91. The maximum atomic E-state index is 12.9. The van der Waals surface area contributed by atoms with E-state index < -0.39 is 17.3 Å². The zero-order valence-corrected chi connectivity index (χ0v) is 13.5. The molecule has 0 radical (unpaired) electrons. The van der Waals surface area contributed by atoms with E-state index in [9.17, 15) is 18.0 Å². The monoisotopic (exact) mass is 343 g/mol. The summed E-state index contributed by atoms with van der Waals surface area (Å²) in [5.41, 5.74) is -1.69. The van der Waals surface area contributed by atoms with Gasteiger partial charge in [0.05, 0.1) is 5.54 Å². The smallest absolute Gasteiger partial charge is 0.421 e. The first-order chi connectivity index (χ1) is 11.2. The number of hydrogen-bond donors (Lipinski definition) is 2. The first-order valence-corrected chi connectivity index (χ1v) is 7.86. The molecule has 0 bridgehead atoms. The number of fused-ring (bicyclic) bond motifs is 1. The number of rotatable bonds is 5. The molecule has 1 aromatic rings. The molecule has 5 nitrogen and oxygen atoms in total. The molecule has 1 aliphatic carbocycles. The van der Waals surface area contributed by atoms with Gasteiger partial charge < -0.3 is 15.4 Å². The highest BCUT2D eigenvalue weighted by Gasteiger charge is 2.57. The van der Waals surface area contributed by atoms with Crippen molar-refractivity contribution in [3.8, 4) is 5.75 Å². The van der Waals surface area contributed by atoms with Crippen molar-refractivity contribution in [1.82, 2.24) is 15.6 Å². The second-order valence-electron chi connectivity index (χ2n) is 7.04. The van der Waals surface area contributed by atoms with Crippen molar-refractivity contribution in [1.29, 1.82) is 0 Å². The Morgan fingerprint density at radius 3 is 2.67 bits per heavy atom. The summed E-state index contributed by atoms with van der Waals surface area (Å²) in [5, 5.41) is 6.11. The average Bonchev–Trinajstić information content (AvgIpc) is 2.98. The van der Waals surface area contributed by atoms with Crippen molar-refractivity contribution in [2.24, 2.45) is 17.8 Å². The molecule has 3 atom stereocenters. The predicted octanol–water partition coefficient (Wildman–Crippen LogP) is 1.84. The number of carbonyl (C=O) groups is 1. The van der Waals surface area contributed by atoms with E-state index in [0.29, 0.717) is 11.8 Å². The summed E-state index contributed by atoms with van der Waals surface area (Å²) in [4.78, 5) is 15.8. The Kier molecular flexibility index (Phi) is 4.19. The van der Waals surface area contributed by atoms with Gasteiger partial charge in [-0.05, 0) is 44.8 Å². The summed E-state index contributed by atoms with van der Waals surface area (Å²) in [6.07, 6.45) is -2.55. The topological polar surface area (TPSA) is 63.2 Å². The molecule has 8 heteroatoms. The molecule has 1 unspecified atom stereocenters. The largest absolute Gasteiger partial charge is 0.490 e. The molecule has 1 aliphatic heterocycles. The van der Waals surface area contributed by atoms with Crippen molar-refractivity contribution in [2.75, 3.05) is 19.7 Å². The zero-order chi connectivity index (χ0) is 17.5. The molecule has 0 aromatic carbocycles. The lowest BCUT2D eigenvalue weighted by molar-refractivity contribution is -0.139. The molecule has 2 aliphatic rings. The number of carbonyl (C=O) groups excluding carboxylic acids is 1. The van der Waals surface area contributed by atoms with Crippen LogP contribution >= 0.6 is 0 Å². The number of alkyl halides is 3. The molecule has 2 heterocycles. The van der Waals surface area contributed by atoms with Crippen LogP contribution in [0.15, 0.2) is 18.5 Å². The Bertz CT molecular complexity index is 623. The van der Waals surface area contributed by atoms with E-state index in [1.165, 1.54) is 12.3 Å². The molecule has 2 N–H and O–H groups in total. The normalized spacial score (nSPS) is 26.0. The highest BCUT2D eigenvalue weighted by Crippen LogP contribution is 2.48. The number of halogens is 3. The van der Waals surface area contributed by atoms with E-state index in [2.05, 4.69) is 15.6 Å². The lowest BCUT2D eigenvalue weighted by Crippen LogP contribution is -2.49. The minimum Gasteiger partial charge on any atom is -0.490 e. The molecular formula is C16H20F3N3O2. The minimum absolute atomic E-state index is 0.0113. The first kappa shape index (κ1) is 17.0. The fourth-order valence-electron chi connectivity index (χ4n) is 3.24. The van der Waals surface area contributed by atoms with Crippen LogP contribution in [0, 0.1) is 17.8 Å². The quantitative estimate of drug-likeness (QED) is 0.856. The van der Waals surface area contributed by atoms with Gasteiger partial charge >= 0.3 is 6.18 Å². The molecule has 1 aromatic heterocycles. The summed E-state index contributed by atoms with van der Waals surface area (Å²) in [7, 11) is 0. The van der Waals surface area contributed by atoms with Gasteiger partial charge in [0.25, 0.3) is 0 Å². The molecule has 3 rings (SSSR count). The van der Waals surface area contributed by atoms with Crippen LogP contribution in [0.5, 0.6) is 5.75 Å². The van der Waals surface area contributed by atoms with Gasteiger partial charge in [0.1, 0.15) is 17.9 Å². The Hall–Kier alpha value is -1.83. The van der Waals surface area contributed by atoms with Gasteiger partial charge in [-0.3, -0.25) is 9.78 Å². The molecule has 132 valence electrons. The summed E-state index contributed by atoms with van der Waals surface area (Å²) >= 11 is 0. The van der Waals surface area contributed by atoms with Crippen molar-refractivity contribution in [3.05, 3.63) is 24.0 Å². The van der Waals surface area contributed by atoms with Gasteiger partial charge in [-0.2, -0.15) is 13.2 Å². The van der Waals surface area contributed by atoms with Crippen molar-refractivity contribution < 1.29 is 22.7 Å². The van der Waals surface area contributed by atoms with Crippen molar-refractivity contribution in [2.45, 2.75) is 25.6 Å². The molecular weight excluding hydrogens is 323 g/mol. The molecule has 0 spiro atoms. The summed E-state index contributed by atoms with van der Waals surface area (Å²) < 4.78 is 44.1. The van der Waals surface area contributed by atoms with Crippen LogP contribution in [0.2, 0.25) is 0 Å². The summed E-state index contributed by atoms with van der Waals surface area (Å²) in [5.74, 6) is 0.452. The van der Waals surface area contributed by atoms with Crippen LogP contribution in [-0.4, -0.2) is 36.1 Å². The van der Waals surface area contributed by atoms with Crippen LogP contribution in [0.3, 0.4) is 0 Å². The standard InChI is InChI=1S/C16H20F3N3O2/c1-15(2,22-14(23)13-9-5-21-6-10(9)13)8-24-12-3-4-20-7-11(12)16(17,18)19/h3-4,7,9-10,13,21H,5-6,8H2,1-2H3,(H,22,23)/t9-,10?,13+/m1/s1. The average molecular weight is 343 g/mol. The number of pyridine rings is 1.